The number of anilines is 1. The zero-order valence-corrected chi connectivity index (χ0v) is 14.6. The highest BCUT2D eigenvalue weighted by molar-refractivity contribution is 7.10. The Morgan fingerprint density at radius 3 is 2.79 bits per heavy atom. The fourth-order valence-corrected chi connectivity index (χ4v) is 3.37. The van der Waals surface area contributed by atoms with Gasteiger partial charge in [-0.15, -0.1) is 0 Å². The number of rotatable bonds is 5. The maximum atomic E-state index is 12.7. The highest BCUT2D eigenvalue weighted by atomic mass is 32.1. The monoisotopic (exact) mass is 341 g/mol. The summed E-state index contributed by atoms with van der Waals surface area (Å²) in [6.07, 6.45) is 3.62. The normalized spacial score (nSPS) is 12.0. The van der Waals surface area contributed by atoms with E-state index in [1.165, 1.54) is 11.5 Å². The van der Waals surface area contributed by atoms with Crippen LogP contribution in [0.1, 0.15) is 34.6 Å². The first-order valence-electron chi connectivity index (χ1n) is 7.65. The van der Waals surface area contributed by atoms with E-state index in [9.17, 15) is 4.79 Å². The Labute approximate surface area is 144 Å². The van der Waals surface area contributed by atoms with E-state index in [4.69, 9.17) is 0 Å². The molecule has 3 rings (SSSR count). The smallest absolute Gasteiger partial charge is 0.256 e. The summed E-state index contributed by atoms with van der Waals surface area (Å²) >= 11 is 1.29. The number of para-hydroxylation sites is 1. The van der Waals surface area contributed by atoms with Crippen molar-refractivity contribution < 1.29 is 4.79 Å². The second-order valence-electron chi connectivity index (χ2n) is 5.43. The lowest BCUT2D eigenvalue weighted by Gasteiger charge is -2.18. The Kier molecular flexibility index (Phi) is 4.61. The Bertz CT molecular complexity index is 841. The molecule has 0 radical (unpaired) electrons. The van der Waals surface area contributed by atoms with E-state index in [1.54, 1.807) is 17.9 Å². The van der Waals surface area contributed by atoms with E-state index in [1.807, 2.05) is 50.4 Å². The van der Waals surface area contributed by atoms with E-state index in [2.05, 4.69) is 20.1 Å². The summed E-state index contributed by atoms with van der Waals surface area (Å²) in [7, 11) is 1.79. The first kappa shape index (κ1) is 16.2. The van der Waals surface area contributed by atoms with Gasteiger partial charge in [0.2, 0.25) is 0 Å². The molecule has 1 amide bonds. The number of benzene rings is 1. The quantitative estimate of drug-likeness (QED) is 0.748. The molecule has 0 unspecified atom stereocenters. The number of carbonyl (C=O) groups excluding carboxylic acids is 1. The van der Waals surface area contributed by atoms with Crippen LogP contribution in [0.15, 0.2) is 42.7 Å². The topological polar surface area (TPSA) is 71.8 Å². The molecule has 0 bridgehead atoms. The summed E-state index contributed by atoms with van der Waals surface area (Å²) in [5.74, 6) is -0.131. The third-order valence-corrected chi connectivity index (χ3v) is 4.77. The number of aryl methyl sites for hydroxylation is 1. The van der Waals surface area contributed by atoms with Crippen LogP contribution in [-0.4, -0.2) is 27.1 Å². The second-order valence-corrected chi connectivity index (χ2v) is 6.20. The molecule has 1 atom stereocenters. The summed E-state index contributed by atoms with van der Waals surface area (Å²) in [4.78, 5) is 12.7. The standard InChI is InChI=1S/C17H19N5OS/c1-11(20-16(23)15-12(2)21-24-17(15)18-3)13-7-4-5-8-14(13)22-10-6-9-19-22/h4-11,18H,1-3H3,(H,20,23)/t11-/m1/s1. The molecule has 2 aromatic heterocycles. The molecule has 2 heterocycles. The van der Waals surface area contributed by atoms with Crippen LogP contribution in [0.5, 0.6) is 0 Å². The van der Waals surface area contributed by atoms with Crippen molar-refractivity contribution in [1.29, 1.82) is 0 Å². The van der Waals surface area contributed by atoms with Crippen LogP contribution in [-0.2, 0) is 0 Å². The highest BCUT2D eigenvalue weighted by Gasteiger charge is 2.21. The van der Waals surface area contributed by atoms with Crippen molar-refractivity contribution in [2.24, 2.45) is 0 Å². The molecule has 0 saturated heterocycles. The third-order valence-electron chi connectivity index (χ3n) is 3.82. The molecule has 0 saturated carbocycles. The van der Waals surface area contributed by atoms with Crippen LogP contribution in [0, 0.1) is 6.92 Å². The third kappa shape index (κ3) is 3.03. The number of nitrogens with one attached hydrogen (secondary N) is 2. The van der Waals surface area contributed by atoms with Crippen LogP contribution in [0.3, 0.4) is 0 Å². The summed E-state index contributed by atoms with van der Waals surface area (Å²) < 4.78 is 6.05. The molecule has 0 aliphatic heterocycles. The van der Waals surface area contributed by atoms with Gasteiger partial charge in [0.25, 0.3) is 5.91 Å². The fourth-order valence-electron chi connectivity index (χ4n) is 2.63. The van der Waals surface area contributed by atoms with Crippen LogP contribution in [0.4, 0.5) is 5.00 Å². The molecule has 24 heavy (non-hydrogen) atoms. The van der Waals surface area contributed by atoms with Gasteiger partial charge in [-0.2, -0.15) is 9.47 Å². The average molecular weight is 341 g/mol. The minimum Gasteiger partial charge on any atom is -0.378 e. The predicted octanol–water partition coefficient (Wildman–Crippen LogP) is 3.17. The van der Waals surface area contributed by atoms with Gasteiger partial charge in [0.1, 0.15) is 5.00 Å². The maximum absolute atomic E-state index is 12.7. The predicted molar refractivity (Wildman–Crippen MR) is 95.8 cm³/mol. The summed E-state index contributed by atoms with van der Waals surface area (Å²) in [6.45, 7) is 3.81. The SMILES string of the molecule is CNc1snc(C)c1C(=O)N[C@H](C)c1ccccc1-n1cccn1. The minimum absolute atomic E-state index is 0.131. The highest BCUT2D eigenvalue weighted by Crippen LogP contribution is 2.26. The molecule has 3 aromatic rings. The van der Waals surface area contributed by atoms with Crippen molar-refractivity contribution in [3.8, 4) is 5.69 Å². The van der Waals surface area contributed by atoms with Crippen molar-refractivity contribution in [2.45, 2.75) is 19.9 Å². The van der Waals surface area contributed by atoms with Crippen LogP contribution in [0.25, 0.3) is 5.69 Å². The van der Waals surface area contributed by atoms with Crippen molar-refractivity contribution >= 4 is 22.4 Å². The van der Waals surface area contributed by atoms with E-state index in [0.717, 1.165) is 21.9 Å². The molecule has 1 aromatic carbocycles. The van der Waals surface area contributed by atoms with Crippen molar-refractivity contribution in [3.05, 3.63) is 59.5 Å². The molecule has 0 spiro atoms. The van der Waals surface area contributed by atoms with Crippen LogP contribution >= 0.6 is 11.5 Å². The Morgan fingerprint density at radius 2 is 2.08 bits per heavy atom. The molecular weight excluding hydrogens is 322 g/mol. The molecule has 0 aliphatic carbocycles. The van der Waals surface area contributed by atoms with Gasteiger partial charge in [0.15, 0.2) is 0 Å². The molecular formula is C17H19N5OS. The van der Waals surface area contributed by atoms with Gasteiger partial charge in [-0.25, -0.2) is 4.68 Å². The van der Waals surface area contributed by atoms with Gasteiger partial charge in [0, 0.05) is 19.4 Å². The molecule has 124 valence electrons. The van der Waals surface area contributed by atoms with Crippen molar-refractivity contribution in [3.63, 3.8) is 0 Å². The summed E-state index contributed by atoms with van der Waals surface area (Å²) in [6, 6.07) is 9.62. The van der Waals surface area contributed by atoms with E-state index < -0.39 is 0 Å². The molecule has 2 N–H and O–H groups in total. The first-order valence-corrected chi connectivity index (χ1v) is 8.43. The van der Waals surface area contributed by atoms with E-state index in [-0.39, 0.29) is 11.9 Å². The van der Waals surface area contributed by atoms with Gasteiger partial charge in [-0.3, -0.25) is 4.79 Å². The number of hydrogen-bond donors (Lipinski definition) is 2. The number of carbonyl (C=O) groups is 1. The molecule has 7 heteroatoms. The van der Waals surface area contributed by atoms with E-state index in [0.29, 0.717) is 5.56 Å². The lowest BCUT2D eigenvalue weighted by Crippen LogP contribution is -2.28. The Morgan fingerprint density at radius 1 is 1.29 bits per heavy atom. The second kappa shape index (κ2) is 6.84. The van der Waals surface area contributed by atoms with Gasteiger partial charge in [-0.05, 0) is 43.1 Å². The summed E-state index contributed by atoms with van der Waals surface area (Å²) in [5, 5.41) is 11.1. The molecule has 0 aliphatic rings. The van der Waals surface area contributed by atoms with Crippen molar-refractivity contribution in [2.75, 3.05) is 12.4 Å². The van der Waals surface area contributed by atoms with Crippen molar-refractivity contribution in [1.82, 2.24) is 19.5 Å². The van der Waals surface area contributed by atoms with Gasteiger partial charge < -0.3 is 10.6 Å². The average Bonchev–Trinajstić information content (AvgIpc) is 3.24. The lowest BCUT2D eigenvalue weighted by molar-refractivity contribution is 0.0940. The largest absolute Gasteiger partial charge is 0.378 e. The van der Waals surface area contributed by atoms with Gasteiger partial charge in [0.05, 0.1) is 23.0 Å². The molecule has 0 fully saturated rings. The lowest BCUT2D eigenvalue weighted by atomic mass is 10.1. The zero-order valence-electron chi connectivity index (χ0n) is 13.8. The number of aromatic nitrogens is 3. The molecule has 6 nitrogen and oxygen atoms in total. The van der Waals surface area contributed by atoms with Crippen LogP contribution < -0.4 is 10.6 Å². The minimum atomic E-state index is -0.165. The number of hydrogen-bond acceptors (Lipinski definition) is 5. The van der Waals surface area contributed by atoms with Gasteiger partial charge in [-0.1, -0.05) is 18.2 Å². The fraction of sp³-hybridized carbons (Fsp3) is 0.235. The van der Waals surface area contributed by atoms with Crippen LogP contribution in [0.2, 0.25) is 0 Å². The maximum Gasteiger partial charge on any atom is 0.256 e. The number of amides is 1. The Balaban J connectivity index is 1.87. The number of nitrogens with zero attached hydrogens (tertiary/aromatic N) is 3. The van der Waals surface area contributed by atoms with Gasteiger partial charge >= 0.3 is 0 Å². The first-order chi connectivity index (χ1) is 11.6. The zero-order chi connectivity index (χ0) is 17.1. The summed E-state index contributed by atoms with van der Waals surface area (Å²) in [5.41, 5.74) is 3.28. The van der Waals surface area contributed by atoms with E-state index >= 15 is 0 Å². The Hall–Kier alpha value is -2.67.